The number of ether oxygens (including phenoxy) is 1. The molecule has 0 aliphatic carbocycles. The number of anilines is 2. The van der Waals surface area contributed by atoms with Gasteiger partial charge in [0, 0.05) is 41.1 Å². The first-order chi connectivity index (χ1) is 13.1. The summed E-state index contributed by atoms with van der Waals surface area (Å²) in [6.45, 7) is 5.60. The molecule has 1 N–H and O–H groups in total. The van der Waals surface area contributed by atoms with Crippen LogP contribution in [0.3, 0.4) is 0 Å². The van der Waals surface area contributed by atoms with Crippen molar-refractivity contribution in [1.29, 1.82) is 0 Å². The van der Waals surface area contributed by atoms with Gasteiger partial charge in [-0.2, -0.15) is 5.10 Å². The average Bonchev–Trinajstić information content (AvgIpc) is 2.69. The molecule has 0 amide bonds. The molecular formula is C20H20ClFN4O. The summed E-state index contributed by atoms with van der Waals surface area (Å²) in [4.78, 5) is 2.30. The summed E-state index contributed by atoms with van der Waals surface area (Å²) in [5.74, 6) is 0.339. The van der Waals surface area contributed by atoms with Crippen molar-refractivity contribution in [3.8, 4) is 0 Å². The summed E-state index contributed by atoms with van der Waals surface area (Å²) in [5.41, 5.74) is 2.82. The molecule has 2 aromatic carbocycles. The van der Waals surface area contributed by atoms with Crippen molar-refractivity contribution in [2.75, 3.05) is 36.5 Å². The zero-order chi connectivity index (χ0) is 18.8. The molecule has 4 rings (SSSR count). The number of aromatic nitrogens is 2. The molecule has 1 saturated heterocycles. The fraction of sp³-hybridized carbons (Fsp3) is 0.300. The Hall–Kier alpha value is -2.44. The Morgan fingerprint density at radius 2 is 1.93 bits per heavy atom. The third-order valence-corrected chi connectivity index (χ3v) is 5.14. The normalized spacial score (nSPS) is 14.6. The Morgan fingerprint density at radius 3 is 2.70 bits per heavy atom. The zero-order valence-corrected chi connectivity index (χ0v) is 15.8. The molecule has 7 heteroatoms. The monoisotopic (exact) mass is 386 g/mol. The first kappa shape index (κ1) is 17.9. The van der Waals surface area contributed by atoms with E-state index in [0.717, 1.165) is 54.0 Å². The molecule has 1 aliphatic heterocycles. The number of hydrogen-bond acceptors (Lipinski definition) is 5. The predicted molar refractivity (Wildman–Crippen MR) is 106 cm³/mol. The van der Waals surface area contributed by atoms with Crippen molar-refractivity contribution >= 4 is 33.9 Å². The minimum Gasteiger partial charge on any atom is -0.378 e. The van der Waals surface area contributed by atoms with Gasteiger partial charge in [-0.3, -0.25) is 0 Å². The SMILES string of the molecule is Cc1nnc(NCc2ccc(F)cc2Cl)c2cc(N3CCOCC3)ccc12. The van der Waals surface area contributed by atoms with E-state index in [-0.39, 0.29) is 5.82 Å². The Morgan fingerprint density at radius 1 is 1.11 bits per heavy atom. The van der Waals surface area contributed by atoms with Crippen molar-refractivity contribution in [2.45, 2.75) is 13.5 Å². The van der Waals surface area contributed by atoms with Gasteiger partial charge in [-0.05, 0) is 36.8 Å². The fourth-order valence-corrected chi connectivity index (χ4v) is 3.50. The van der Waals surface area contributed by atoms with E-state index < -0.39 is 0 Å². The van der Waals surface area contributed by atoms with Crippen molar-refractivity contribution in [1.82, 2.24) is 10.2 Å². The van der Waals surface area contributed by atoms with E-state index in [9.17, 15) is 4.39 Å². The summed E-state index contributed by atoms with van der Waals surface area (Å²) in [6, 6.07) is 10.7. The molecule has 5 nitrogen and oxygen atoms in total. The van der Waals surface area contributed by atoms with E-state index in [1.165, 1.54) is 12.1 Å². The highest BCUT2D eigenvalue weighted by molar-refractivity contribution is 6.31. The van der Waals surface area contributed by atoms with Crippen LogP contribution < -0.4 is 10.2 Å². The van der Waals surface area contributed by atoms with Gasteiger partial charge < -0.3 is 15.0 Å². The maximum atomic E-state index is 13.2. The van der Waals surface area contributed by atoms with Gasteiger partial charge >= 0.3 is 0 Å². The average molecular weight is 387 g/mol. The van der Waals surface area contributed by atoms with E-state index in [4.69, 9.17) is 16.3 Å². The van der Waals surface area contributed by atoms with Crippen LogP contribution in [0.5, 0.6) is 0 Å². The van der Waals surface area contributed by atoms with Crippen LogP contribution in [-0.2, 0) is 11.3 Å². The molecule has 0 spiro atoms. The Bertz CT molecular complexity index is 976. The van der Waals surface area contributed by atoms with Crippen molar-refractivity contribution in [3.05, 3.63) is 58.5 Å². The minimum absolute atomic E-state index is 0.348. The van der Waals surface area contributed by atoms with E-state index in [2.05, 4.69) is 38.6 Å². The van der Waals surface area contributed by atoms with Gasteiger partial charge in [-0.15, -0.1) is 5.10 Å². The molecule has 27 heavy (non-hydrogen) atoms. The van der Waals surface area contributed by atoms with Gasteiger partial charge in [0.2, 0.25) is 0 Å². The lowest BCUT2D eigenvalue weighted by molar-refractivity contribution is 0.122. The van der Waals surface area contributed by atoms with Crippen LogP contribution in [0, 0.1) is 12.7 Å². The molecule has 0 saturated carbocycles. The van der Waals surface area contributed by atoms with E-state index in [1.807, 2.05) is 6.92 Å². The Labute approximate surface area is 162 Å². The largest absolute Gasteiger partial charge is 0.378 e. The molecule has 140 valence electrons. The number of fused-ring (bicyclic) bond motifs is 1. The quantitative estimate of drug-likeness (QED) is 0.729. The van der Waals surface area contributed by atoms with Crippen LogP contribution in [0.1, 0.15) is 11.3 Å². The topological polar surface area (TPSA) is 50.3 Å². The second-order valence-corrected chi connectivity index (χ2v) is 6.96. The number of nitrogens with one attached hydrogen (secondary N) is 1. The van der Waals surface area contributed by atoms with Gasteiger partial charge in [-0.25, -0.2) is 4.39 Å². The van der Waals surface area contributed by atoms with Gasteiger partial charge in [0.05, 0.1) is 18.9 Å². The second-order valence-electron chi connectivity index (χ2n) is 6.55. The predicted octanol–water partition coefficient (Wildman–Crippen LogP) is 4.18. The summed E-state index contributed by atoms with van der Waals surface area (Å²) in [5, 5.41) is 14.3. The summed E-state index contributed by atoms with van der Waals surface area (Å²) in [7, 11) is 0. The first-order valence-corrected chi connectivity index (χ1v) is 9.27. The van der Waals surface area contributed by atoms with Gasteiger partial charge in [0.1, 0.15) is 5.82 Å². The van der Waals surface area contributed by atoms with Crippen molar-refractivity contribution in [3.63, 3.8) is 0 Å². The first-order valence-electron chi connectivity index (χ1n) is 8.89. The number of hydrogen-bond donors (Lipinski definition) is 1. The van der Waals surface area contributed by atoms with Crippen LogP contribution in [0.4, 0.5) is 15.9 Å². The summed E-state index contributed by atoms with van der Waals surface area (Å²) in [6.07, 6.45) is 0. The van der Waals surface area contributed by atoms with Crippen LogP contribution in [0.2, 0.25) is 5.02 Å². The maximum Gasteiger partial charge on any atom is 0.156 e. The van der Waals surface area contributed by atoms with Crippen LogP contribution in [0.25, 0.3) is 10.8 Å². The number of morpholine rings is 1. The second kappa shape index (κ2) is 7.66. The molecule has 0 atom stereocenters. The molecule has 2 heterocycles. The smallest absolute Gasteiger partial charge is 0.156 e. The molecule has 1 fully saturated rings. The highest BCUT2D eigenvalue weighted by Gasteiger charge is 2.14. The summed E-state index contributed by atoms with van der Waals surface area (Å²) >= 11 is 6.13. The Kier molecular flexibility index (Phi) is 5.09. The standard InChI is InChI=1S/C20H20ClFN4O/c1-13-17-5-4-16(26-6-8-27-9-7-26)11-18(17)20(25-24-13)23-12-14-2-3-15(22)10-19(14)21/h2-5,10-11H,6-9,12H2,1H3,(H,23,25). The van der Waals surface area contributed by atoms with Crippen LogP contribution in [-0.4, -0.2) is 36.5 Å². The lowest BCUT2D eigenvalue weighted by Gasteiger charge is -2.29. The highest BCUT2D eigenvalue weighted by Crippen LogP contribution is 2.29. The van der Waals surface area contributed by atoms with Gasteiger partial charge in [0.15, 0.2) is 5.82 Å². The molecular weight excluding hydrogens is 367 g/mol. The lowest BCUT2D eigenvalue weighted by atomic mass is 10.1. The summed E-state index contributed by atoms with van der Waals surface area (Å²) < 4.78 is 18.7. The number of nitrogens with zero attached hydrogens (tertiary/aromatic N) is 3. The van der Waals surface area contributed by atoms with Crippen molar-refractivity contribution < 1.29 is 9.13 Å². The number of halogens is 2. The van der Waals surface area contributed by atoms with Gasteiger partial charge in [0.25, 0.3) is 0 Å². The lowest BCUT2D eigenvalue weighted by Crippen LogP contribution is -2.36. The maximum absolute atomic E-state index is 13.2. The van der Waals surface area contributed by atoms with Crippen LogP contribution in [0.15, 0.2) is 36.4 Å². The number of aryl methyl sites for hydroxylation is 1. The Balaban J connectivity index is 1.65. The molecule has 0 bridgehead atoms. The van der Waals surface area contributed by atoms with Crippen LogP contribution >= 0.6 is 11.6 Å². The third-order valence-electron chi connectivity index (χ3n) is 4.79. The highest BCUT2D eigenvalue weighted by atomic mass is 35.5. The molecule has 0 unspecified atom stereocenters. The van der Waals surface area contributed by atoms with Gasteiger partial charge in [-0.1, -0.05) is 23.7 Å². The number of benzene rings is 2. The van der Waals surface area contributed by atoms with E-state index in [0.29, 0.717) is 17.4 Å². The molecule has 0 radical (unpaired) electrons. The van der Waals surface area contributed by atoms with E-state index >= 15 is 0 Å². The molecule has 1 aromatic heterocycles. The molecule has 1 aliphatic rings. The fourth-order valence-electron chi connectivity index (χ4n) is 3.27. The zero-order valence-electron chi connectivity index (χ0n) is 15.0. The molecule has 3 aromatic rings. The third kappa shape index (κ3) is 3.82. The number of rotatable bonds is 4. The van der Waals surface area contributed by atoms with E-state index in [1.54, 1.807) is 6.07 Å². The minimum atomic E-state index is -0.348. The van der Waals surface area contributed by atoms with Crippen molar-refractivity contribution in [2.24, 2.45) is 0 Å².